The normalized spacial score (nSPS) is 21.3. The van der Waals surface area contributed by atoms with E-state index in [0.717, 1.165) is 36.6 Å². The van der Waals surface area contributed by atoms with E-state index in [1.165, 1.54) is 19.4 Å². The molecular formula is C13H18BrN3O. The highest BCUT2D eigenvalue weighted by Gasteiger charge is 2.28. The van der Waals surface area contributed by atoms with Gasteiger partial charge in [0.1, 0.15) is 5.69 Å². The third-order valence-electron chi connectivity index (χ3n) is 3.75. The van der Waals surface area contributed by atoms with Crippen LogP contribution in [0.1, 0.15) is 23.3 Å². The van der Waals surface area contributed by atoms with Crippen LogP contribution in [-0.4, -0.2) is 53.4 Å². The van der Waals surface area contributed by atoms with E-state index in [2.05, 4.69) is 25.8 Å². The highest BCUT2D eigenvalue weighted by molar-refractivity contribution is 9.10. The number of nitrogens with zero attached hydrogens (tertiary/aromatic N) is 2. The van der Waals surface area contributed by atoms with Crippen LogP contribution in [-0.2, 0) is 0 Å². The van der Waals surface area contributed by atoms with Crippen molar-refractivity contribution in [3.63, 3.8) is 0 Å². The van der Waals surface area contributed by atoms with Crippen molar-refractivity contribution in [2.75, 3.05) is 32.7 Å². The summed E-state index contributed by atoms with van der Waals surface area (Å²) in [5, 5.41) is 0. The number of carbonyl (C=O) groups excluding carboxylic acids is 1. The molecule has 1 N–H and O–H groups in total. The van der Waals surface area contributed by atoms with Gasteiger partial charge in [-0.3, -0.25) is 9.69 Å². The highest BCUT2D eigenvalue weighted by Crippen LogP contribution is 2.30. The molecule has 1 saturated carbocycles. The van der Waals surface area contributed by atoms with E-state index in [4.69, 9.17) is 0 Å². The van der Waals surface area contributed by atoms with Gasteiger partial charge in [-0.15, -0.1) is 0 Å². The zero-order valence-corrected chi connectivity index (χ0v) is 11.9. The number of piperazine rings is 1. The Bertz CT molecular complexity index is 433. The zero-order chi connectivity index (χ0) is 12.5. The monoisotopic (exact) mass is 311 g/mol. The third kappa shape index (κ3) is 2.78. The molecule has 1 aliphatic heterocycles. The summed E-state index contributed by atoms with van der Waals surface area (Å²) < 4.78 is 0.929. The first-order valence-corrected chi connectivity index (χ1v) is 7.37. The van der Waals surface area contributed by atoms with E-state index in [-0.39, 0.29) is 5.91 Å². The maximum absolute atomic E-state index is 12.2. The second-order valence-corrected chi connectivity index (χ2v) is 6.18. The van der Waals surface area contributed by atoms with E-state index in [0.29, 0.717) is 5.69 Å². The van der Waals surface area contributed by atoms with Crippen LogP contribution in [0.15, 0.2) is 16.7 Å². The summed E-state index contributed by atoms with van der Waals surface area (Å²) in [6.45, 7) is 4.97. The zero-order valence-electron chi connectivity index (χ0n) is 10.4. The Balaban J connectivity index is 1.53. The lowest BCUT2D eigenvalue weighted by molar-refractivity contribution is 0.0627. The smallest absolute Gasteiger partial charge is 0.270 e. The van der Waals surface area contributed by atoms with Crippen LogP contribution in [0.25, 0.3) is 0 Å². The van der Waals surface area contributed by atoms with E-state index in [1.807, 2.05) is 11.0 Å². The Morgan fingerprint density at radius 2 is 2.06 bits per heavy atom. The first-order chi connectivity index (χ1) is 8.72. The van der Waals surface area contributed by atoms with E-state index in [1.54, 1.807) is 6.20 Å². The molecule has 98 valence electrons. The first kappa shape index (κ1) is 12.2. The summed E-state index contributed by atoms with van der Waals surface area (Å²) in [6.07, 6.45) is 4.60. The number of carbonyl (C=O) groups is 1. The van der Waals surface area contributed by atoms with Gasteiger partial charge in [0.25, 0.3) is 5.91 Å². The minimum absolute atomic E-state index is 0.117. The molecule has 2 heterocycles. The van der Waals surface area contributed by atoms with Crippen molar-refractivity contribution >= 4 is 21.8 Å². The number of amides is 1. The van der Waals surface area contributed by atoms with Gasteiger partial charge < -0.3 is 9.88 Å². The van der Waals surface area contributed by atoms with Gasteiger partial charge in [0, 0.05) is 43.4 Å². The fourth-order valence-electron chi connectivity index (χ4n) is 2.46. The molecule has 0 radical (unpaired) electrons. The minimum Gasteiger partial charge on any atom is -0.356 e. The molecule has 2 aliphatic rings. The average molecular weight is 312 g/mol. The van der Waals surface area contributed by atoms with Gasteiger partial charge in [0.05, 0.1) is 0 Å². The van der Waals surface area contributed by atoms with Gasteiger partial charge in [0.2, 0.25) is 0 Å². The lowest BCUT2D eigenvalue weighted by Gasteiger charge is -2.34. The number of aromatic amines is 1. The maximum atomic E-state index is 12.2. The van der Waals surface area contributed by atoms with Crippen LogP contribution in [0.4, 0.5) is 0 Å². The van der Waals surface area contributed by atoms with Gasteiger partial charge in [-0.1, -0.05) is 0 Å². The number of halogens is 1. The molecule has 18 heavy (non-hydrogen) atoms. The van der Waals surface area contributed by atoms with Crippen molar-refractivity contribution in [3.05, 3.63) is 22.4 Å². The molecular weight excluding hydrogens is 294 g/mol. The number of rotatable bonds is 3. The molecule has 4 nitrogen and oxygen atoms in total. The molecule has 3 rings (SSSR count). The SMILES string of the molecule is O=C(c1cc(Br)c[nH]1)N1CCN(CC2CC2)CC1. The molecule has 1 aromatic heterocycles. The molecule has 0 aromatic carbocycles. The highest BCUT2D eigenvalue weighted by atomic mass is 79.9. The lowest BCUT2D eigenvalue weighted by atomic mass is 10.2. The van der Waals surface area contributed by atoms with Crippen LogP contribution in [0, 0.1) is 5.92 Å². The Morgan fingerprint density at radius 3 is 2.61 bits per heavy atom. The van der Waals surface area contributed by atoms with Gasteiger partial charge in [-0.05, 0) is 40.8 Å². The van der Waals surface area contributed by atoms with E-state index < -0.39 is 0 Å². The van der Waals surface area contributed by atoms with Crippen LogP contribution < -0.4 is 0 Å². The average Bonchev–Trinajstić information content (AvgIpc) is 3.09. The predicted molar refractivity (Wildman–Crippen MR) is 73.6 cm³/mol. The largest absolute Gasteiger partial charge is 0.356 e. The molecule has 5 heteroatoms. The topological polar surface area (TPSA) is 39.3 Å². The van der Waals surface area contributed by atoms with Crippen molar-refractivity contribution < 1.29 is 4.79 Å². The Morgan fingerprint density at radius 1 is 1.33 bits per heavy atom. The van der Waals surface area contributed by atoms with E-state index >= 15 is 0 Å². The summed E-state index contributed by atoms with van der Waals surface area (Å²) in [7, 11) is 0. The molecule has 1 aliphatic carbocycles. The number of hydrogen-bond acceptors (Lipinski definition) is 2. The molecule has 0 unspecified atom stereocenters. The van der Waals surface area contributed by atoms with Crippen LogP contribution >= 0.6 is 15.9 Å². The molecule has 0 atom stereocenters. The van der Waals surface area contributed by atoms with Gasteiger partial charge >= 0.3 is 0 Å². The van der Waals surface area contributed by atoms with Crippen molar-refractivity contribution in [1.82, 2.24) is 14.8 Å². The molecule has 2 fully saturated rings. The van der Waals surface area contributed by atoms with Crippen LogP contribution in [0.2, 0.25) is 0 Å². The van der Waals surface area contributed by atoms with Crippen molar-refractivity contribution in [2.45, 2.75) is 12.8 Å². The fourth-order valence-corrected chi connectivity index (χ4v) is 2.80. The van der Waals surface area contributed by atoms with Crippen LogP contribution in [0.5, 0.6) is 0 Å². The third-order valence-corrected chi connectivity index (χ3v) is 4.21. The van der Waals surface area contributed by atoms with Gasteiger partial charge in [0.15, 0.2) is 0 Å². The predicted octanol–water partition coefficient (Wildman–Crippen LogP) is 1.94. The Hall–Kier alpha value is -0.810. The first-order valence-electron chi connectivity index (χ1n) is 6.58. The van der Waals surface area contributed by atoms with Crippen molar-refractivity contribution in [2.24, 2.45) is 5.92 Å². The van der Waals surface area contributed by atoms with Crippen molar-refractivity contribution in [1.29, 1.82) is 0 Å². The summed E-state index contributed by atoms with van der Waals surface area (Å²) in [4.78, 5) is 19.7. The Labute approximate surface area is 115 Å². The fraction of sp³-hybridized carbons (Fsp3) is 0.615. The van der Waals surface area contributed by atoms with Crippen LogP contribution in [0.3, 0.4) is 0 Å². The summed E-state index contributed by atoms with van der Waals surface area (Å²) >= 11 is 3.36. The second-order valence-electron chi connectivity index (χ2n) is 5.27. The minimum atomic E-state index is 0.117. The molecule has 1 amide bonds. The summed E-state index contributed by atoms with van der Waals surface area (Å²) in [5.74, 6) is 1.05. The van der Waals surface area contributed by atoms with Gasteiger partial charge in [-0.25, -0.2) is 0 Å². The molecule has 0 spiro atoms. The van der Waals surface area contributed by atoms with Gasteiger partial charge in [-0.2, -0.15) is 0 Å². The van der Waals surface area contributed by atoms with E-state index in [9.17, 15) is 4.79 Å². The molecule has 1 aromatic rings. The standard InChI is InChI=1S/C13H18BrN3O/c14-11-7-12(15-8-11)13(18)17-5-3-16(4-6-17)9-10-1-2-10/h7-8,10,15H,1-6,9H2. The lowest BCUT2D eigenvalue weighted by Crippen LogP contribution is -2.49. The summed E-state index contributed by atoms with van der Waals surface area (Å²) in [6, 6.07) is 1.85. The number of H-pyrrole nitrogens is 1. The maximum Gasteiger partial charge on any atom is 0.270 e. The molecule has 1 saturated heterocycles. The van der Waals surface area contributed by atoms with Crippen molar-refractivity contribution in [3.8, 4) is 0 Å². The number of hydrogen-bond donors (Lipinski definition) is 1. The number of aromatic nitrogens is 1. The quantitative estimate of drug-likeness (QED) is 0.926. The Kier molecular flexibility index (Phi) is 3.43. The number of nitrogens with one attached hydrogen (secondary N) is 1. The summed E-state index contributed by atoms with van der Waals surface area (Å²) in [5.41, 5.74) is 0.678. The molecule has 0 bridgehead atoms. The second kappa shape index (κ2) is 5.05.